The van der Waals surface area contributed by atoms with E-state index in [0.29, 0.717) is 0 Å². The maximum atomic E-state index is 5.74. The van der Waals surface area contributed by atoms with Gasteiger partial charge in [0.2, 0.25) is 0 Å². The van der Waals surface area contributed by atoms with Crippen molar-refractivity contribution in [3.05, 3.63) is 71.8 Å². The Kier molecular flexibility index (Phi) is 13.1. The van der Waals surface area contributed by atoms with Crippen LogP contribution in [0.4, 0.5) is 0 Å². The van der Waals surface area contributed by atoms with Gasteiger partial charge in [-0.3, -0.25) is 0 Å². The van der Waals surface area contributed by atoms with Gasteiger partial charge in [-0.25, -0.2) is 8.61 Å². The maximum absolute atomic E-state index is 5.74. The second-order valence-corrected chi connectivity index (χ2v) is 16.1. The van der Waals surface area contributed by atoms with Crippen LogP contribution in [-0.2, 0) is 12.8 Å². The highest BCUT2D eigenvalue weighted by Crippen LogP contribution is 2.30. The molecule has 0 saturated carbocycles. The Hall–Kier alpha value is -0.280. The number of thiocarbonyl (C=S) groups is 4. The van der Waals surface area contributed by atoms with Gasteiger partial charge in [-0.05, 0) is 56.6 Å². The molecule has 4 rings (SSSR count). The highest BCUT2D eigenvalue weighted by Gasteiger charge is 2.24. The first-order chi connectivity index (χ1) is 18.5. The predicted octanol–water partition coefficient (Wildman–Crippen LogP) is 6.61. The van der Waals surface area contributed by atoms with Crippen LogP contribution in [0.15, 0.2) is 60.7 Å². The van der Waals surface area contributed by atoms with Crippen molar-refractivity contribution in [1.29, 1.82) is 0 Å². The van der Waals surface area contributed by atoms with Gasteiger partial charge in [0.1, 0.15) is 8.64 Å². The third kappa shape index (κ3) is 10.3. The summed E-state index contributed by atoms with van der Waals surface area (Å²) < 4.78 is 8.56. The van der Waals surface area contributed by atoms with Crippen LogP contribution in [0.2, 0.25) is 0 Å². The molecule has 38 heavy (non-hydrogen) atoms. The molecule has 202 valence electrons. The molecule has 4 nitrogen and oxygen atoms in total. The van der Waals surface area contributed by atoms with E-state index >= 15 is 0 Å². The fraction of sp³-hybridized carbons (Fsp3) is 0.385. The number of piperazine rings is 2. The lowest BCUT2D eigenvalue weighted by atomic mass is 10.2. The lowest BCUT2D eigenvalue weighted by molar-refractivity contribution is 0.290. The minimum Gasteiger partial charge on any atom is -0.354 e. The zero-order valence-electron chi connectivity index (χ0n) is 20.9. The average molecular weight is 655 g/mol. The van der Waals surface area contributed by atoms with E-state index in [-0.39, 0.29) is 0 Å². The van der Waals surface area contributed by atoms with Gasteiger partial charge < -0.3 is 9.80 Å². The maximum Gasteiger partial charge on any atom is 0.147 e. The SMILES string of the molecule is S=C(Cc1ccccc1)SN1CCN(C(=S)SSC(=S)N2CCN(SC(=S)Cc3ccccc3)CC2)CC1. The summed E-state index contributed by atoms with van der Waals surface area (Å²) in [5.74, 6) is 0. The molecule has 0 atom stereocenters. The zero-order chi connectivity index (χ0) is 26.7. The summed E-state index contributed by atoms with van der Waals surface area (Å²) in [4.78, 5) is 4.57. The van der Waals surface area contributed by atoms with E-state index in [0.717, 1.165) is 82.2 Å². The van der Waals surface area contributed by atoms with Crippen molar-refractivity contribution in [3.63, 3.8) is 0 Å². The molecule has 0 unspecified atom stereocenters. The van der Waals surface area contributed by atoms with Crippen molar-refractivity contribution >= 4 is 111 Å². The first-order valence-electron chi connectivity index (χ1n) is 12.4. The Bertz CT molecular complexity index is 997. The molecule has 2 aromatic carbocycles. The van der Waals surface area contributed by atoms with Gasteiger partial charge >= 0.3 is 0 Å². The van der Waals surface area contributed by atoms with Crippen molar-refractivity contribution in [2.75, 3.05) is 52.4 Å². The summed E-state index contributed by atoms with van der Waals surface area (Å²) in [6.45, 7) is 7.44. The van der Waals surface area contributed by atoms with Gasteiger partial charge in [0.15, 0.2) is 0 Å². The molecule has 2 heterocycles. The normalized spacial score (nSPS) is 16.8. The number of benzene rings is 2. The van der Waals surface area contributed by atoms with E-state index < -0.39 is 0 Å². The van der Waals surface area contributed by atoms with E-state index in [4.69, 9.17) is 48.9 Å². The van der Waals surface area contributed by atoms with E-state index in [1.165, 1.54) is 11.1 Å². The quantitative estimate of drug-likeness (QED) is 0.189. The zero-order valence-corrected chi connectivity index (χ0v) is 27.4. The lowest BCUT2D eigenvalue weighted by Crippen LogP contribution is -2.46. The van der Waals surface area contributed by atoms with Crippen LogP contribution in [0.5, 0.6) is 0 Å². The second-order valence-electron chi connectivity index (χ2n) is 8.78. The van der Waals surface area contributed by atoms with Gasteiger partial charge in [0.05, 0.1) is 8.39 Å². The fourth-order valence-corrected chi connectivity index (χ4v) is 9.43. The summed E-state index contributed by atoms with van der Waals surface area (Å²) in [6.07, 6.45) is 1.66. The Labute approximate surface area is 264 Å². The molecule has 0 amide bonds. The van der Waals surface area contributed by atoms with Crippen LogP contribution < -0.4 is 0 Å². The van der Waals surface area contributed by atoms with Crippen LogP contribution in [0.25, 0.3) is 0 Å². The number of hydrogen-bond acceptors (Lipinski definition) is 10. The summed E-state index contributed by atoms with van der Waals surface area (Å²) in [5.41, 5.74) is 2.53. The minimum absolute atomic E-state index is 0.830. The van der Waals surface area contributed by atoms with E-state index in [2.05, 4.69) is 66.9 Å². The van der Waals surface area contributed by atoms with Crippen molar-refractivity contribution in [2.45, 2.75) is 12.8 Å². The molecule has 0 bridgehead atoms. The summed E-state index contributed by atoms with van der Waals surface area (Å²) in [6, 6.07) is 20.8. The fourth-order valence-electron chi connectivity index (χ4n) is 3.98. The standard InChI is InChI=1S/C26H30N4S8/c31-23(19-21-7-3-1-4-8-21)35-29-15-11-27(12-16-29)25(33)37-38-26(34)28-13-17-30(18-14-28)36-24(32)20-22-9-5-2-6-10-22/h1-10H,11-20H2. The highest BCUT2D eigenvalue weighted by molar-refractivity contribution is 8.89. The molecule has 2 aliphatic rings. The van der Waals surface area contributed by atoms with Gasteiger partial charge in [-0.1, -0.05) is 110 Å². The molecule has 2 fully saturated rings. The topological polar surface area (TPSA) is 13.0 Å². The molecule has 2 saturated heterocycles. The van der Waals surface area contributed by atoms with Gasteiger partial charge in [0, 0.05) is 65.2 Å². The Morgan fingerprint density at radius 2 is 0.868 bits per heavy atom. The lowest BCUT2D eigenvalue weighted by Gasteiger charge is -2.36. The number of rotatable bonds is 6. The van der Waals surface area contributed by atoms with Crippen LogP contribution in [0.3, 0.4) is 0 Å². The number of hydrogen-bond donors (Lipinski definition) is 0. The third-order valence-corrected chi connectivity index (χ3v) is 12.4. The molecule has 0 aliphatic carbocycles. The van der Waals surface area contributed by atoms with Gasteiger partial charge in [-0.15, -0.1) is 0 Å². The molecular weight excluding hydrogens is 625 g/mol. The third-order valence-electron chi connectivity index (χ3n) is 6.02. The largest absolute Gasteiger partial charge is 0.354 e. The van der Waals surface area contributed by atoms with Crippen molar-refractivity contribution < 1.29 is 0 Å². The molecule has 12 heteroatoms. The summed E-state index contributed by atoms with van der Waals surface area (Å²) >= 11 is 26.2. The molecular formula is C26H30N4S8. The van der Waals surface area contributed by atoms with Gasteiger partial charge in [-0.2, -0.15) is 0 Å². The summed E-state index contributed by atoms with van der Waals surface area (Å²) in [7, 11) is 3.23. The minimum atomic E-state index is 0.830. The average Bonchev–Trinajstić information content (AvgIpc) is 2.93. The summed E-state index contributed by atoms with van der Waals surface area (Å²) in [5, 5.41) is 0. The Morgan fingerprint density at radius 3 is 1.21 bits per heavy atom. The van der Waals surface area contributed by atoms with E-state index in [1.807, 2.05) is 12.1 Å². The van der Waals surface area contributed by atoms with Crippen LogP contribution in [-0.4, -0.2) is 87.8 Å². The highest BCUT2D eigenvalue weighted by atomic mass is 33.1. The molecule has 2 aliphatic heterocycles. The molecule has 0 aromatic heterocycles. The molecule has 0 radical (unpaired) electrons. The van der Waals surface area contributed by atoms with Crippen LogP contribution in [0, 0.1) is 0 Å². The Morgan fingerprint density at radius 1 is 0.526 bits per heavy atom. The van der Waals surface area contributed by atoms with E-state index in [9.17, 15) is 0 Å². The molecule has 2 aromatic rings. The first-order valence-corrected chi connectivity index (χ1v) is 17.7. The first kappa shape index (κ1) is 30.7. The van der Waals surface area contributed by atoms with Crippen LogP contribution in [0.1, 0.15) is 11.1 Å². The second kappa shape index (κ2) is 16.2. The predicted molar refractivity (Wildman–Crippen MR) is 187 cm³/mol. The Balaban J connectivity index is 1.09. The smallest absolute Gasteiger partial charge is 0.147 e. The molecule has 0 spiro atoms. The van der Waals surface area contributed by atoms with Gasteiger partial charge in [0.25, 0.3) is 0 Å². The molecule has 0 N–H and O–H groups in total. The van der Waals surface area contributed by atoms with Crippen LogP contribution >= 0.6 is 94.4 Å². The monoisotopic (exact) mass is 654 g/mol. The van der Waals surface area contributed by atoms with Crippen molar-refractivity contribution in [2.24, 2.45) is 0 Å². The number of nitrogens with zero attached hydrogens (tertiary/aromatic N) is 4. The van der Waals surface area contributed by atoms with E-state index in [1.54, 1.807) is 45.5 Å². The van der Waals surface area contributed by atoms with Crippen molar-refractivity contribution in [3.8, 4) is 0 Å². The van der Waals surface area contributed by atoms with Crippen molar-refractivity contribution in [1.82, 2.24) is 18.4 Å².